The molecule has 1 amide bonds. The smallest absolute Gasteiger partial charge is 0.238 e. The van der Waals surface area contributed by atoms with E-state index in [9.17, 15) is 13.2 Å². The van der Waals surface area contributed by atoms with Gasteiger partial charge in [0.2, 0.25) is 5.91 Å². The second kappa shape index (κ2) is 6.60. The molecule has 0 unspecified atom stereocenters. The van der Waals surface area contributed by atoms with Crippen molar-refractivity contribution in [2.45, 2.75) is 25.9 Å². The lowest BCUT2D eigenvalue weighted by atomic mass is 10.1. The molecule has 2 aliphatic rings. The van der Waals surface area contributed by atoms with Crippen molar-refractivity contribution in [2.24, 2.45) is 11.8 Å². The van der Waals surface area contributed by atoms with Crippen molar-refractivity contribution < 1.29 is 17.9 Å². The number of fused-ring (bicyclic) bond motifs is 1. The SMILES string of the molecule is CS(=O)(=O)CC(=O)N1Cc2cncn2C[C@H](COCC2CC2)C1. The van der Waals surface area contributed by atoms with E-state index in [1.54, 1.807) is 17.4 Å². The number of carbonyl (C=O) groups excluding carboxylic acids is 1. The van der Waals surface area contributed by atoms with Gasteiger partial charge in [-0.05, 0) is 18.8 Å². The average molecular weight is 341 g/mol. The molecule has 23 heavy (non-hydrogen) atoms. The minimum absolute atomic E-state index is 0.146. The maximum Gasteiger partial charge on any atom is 0.238 e. The van der Waals surface area contributed by atoms with Crippen molar-refractivity contribution in [3.8, 4) is 0 Å². The number of imidazole rings is 1. The molecule has 2 heterocycles. The van der Waals surface area contributed by atoms with Crippen LogP contribution in [-0.4, -0.2) is 60.5 Å². The molecule has 0 radical (unpaired) electrons. The quantitative estimate of drug-likeness (QED) is 0.744. The largest absolute Gasteiger partial charge is 0.381 e. The highest BCUT2D eigenvalue weighted by Gasteiger charge is 2.28. The molecule has 1 saturated carbocycles. The zero-order chi connectivity index (χ0) is 16.4. The summed E-state index contributed by atoms with van der Waals surface area (Å²) in [5.74, 6) is 0.0474. The summed E-state index contributed by atoms with van der Waals surface area (Å²) in [6, 6.07) is 0. The summed E-state index contributed by atoms with van der Waals surface area (Å²) in [6.07, 6.45) is 7.07. The molecule has 0 saturated heterocycles. The molecule has 3 rings (SSSR count). The van der Waals surface area contributed by atoms with Gasteiger partial charge >= 0.3 is 0 Å². The van der Waals surface area contributed by atoms with E-state index in [2.05, 4.69) is 4.98 Å². The Labute approximate surface area is 136 Å². The van der Waals surface area contributed by atoms with Crippen LogP contribution in [0.3, 0.4) is 0 Å². The third-order valence-corrected chi connectivity index (χ3v) is 5.00. The fourth-order valence-corrected chi connectivity index (χ4v) is 3.48. The van der Waals surface area contributed by atoms with Crippen molar-refractivity contribution in [3.05, 3.63) is 18.2 Å². The number of rotatable bonds is 6. The predicted octanol–water partition coefficient (Wildman–Crippen LogP) is 0.313. The predicted molar refractivity (Wildman–Crippen MR) is 84.4 cm³/mol. The Morgan fingerprint density at radius 1 is 1.30 bits per heavy atom. The number of carbonyl (C=O) groups is 1. The molecule has 1 aliphatic carbocycles. The van der Waals surface area contributed by atoms with Crippen LogP contribution in [0.25, 0.3) is 0 Å². The maximum atomic E-state index is 12.3. The third-order valence-electron chi connectivity index (χ3n) is 4.23. The number of ether oxygens (including phenoxy) is 1. The van der Waals surface area contributed by atoms with Crippen LogP contribution in [0.5, 0.6) is 0 Å². The lowest BCUT2D eigenvalue weighted by molar-refractivity contribution is -0.129. The molecule has 7 nitrogen and oxygen atoms in total. The van der Waals surface area contributed by atoms with Gasteiger partial charge in [-0.2, -0.15) is 0 Å². The lowest BCUT2D eigenvalue weighted by Gasteiger charge is -2.24. The number of hydrogen-bond acceptors (Lipinski definition) is 5. The van der Waals surface area contributed by atoms with Crippen LogP contribution in [0.15, 0.2) is 12.5 Å². The number of aromatic nitrogens is 2. The van der Waals surface area contributed by atoms with Crippen molar-refractivity contribution >= 4 is 15.7 Å². The third kappa shape index (κ3) is 4.78. The van der Waals surface area contributed by atoms with E-state index < -0.39 is 15.6 Å². The molecular formula is C15H23N3O4S. The monoisotopic (exact) mass is 341 g/mol. The molecular weight excluding hydrogens is 318 g/mol. The first-order chi connectivity index (χ1) is 10.9. The highest BCUT2D eigenvalue weighted by molar-refractivity contribution is 7.91. The van der Waals surface area contributed by atoms with Gasteiger partial charge in [-0.15, -0.1) is 0 Å². The fourth-order valence-electron chi connectivity index (χ4n) is 2.85. The Morgan fingerprint density at radius 2 is 2.04 bits per heavy atom. The first-order valence-electron chi connectivity index (χ1n) is 7.93. The van der Waals surface area contributed by atoms with Crippen molar-refractivity contribution in [3.63, 3.8) is 0 Å². The topological polar surface area (TPSA) is 81.5 Å². The zero-order valence-electron chi connectivity index (χ0n) is 13.3. The van der Waals surface area contributed by atoms with Crippen LogP contribution in [0.1, 0.15) is 18.5 Å². The molecule has 1 aliphatic heterocycles. The van der Waals surface area contributed by atoms with Gasteiger partial charge in [0.1, 0.15) is 5.75 Å². The van der Waals surface area contributed by atoms with Gasteiger partial charge in [0.15, 0.2) is 9.84 Å². The van der Waals surface area contributed by atoms with Crippen LogP contribution in [0.2, 0.25) is 0 Å². The van der Waals surface area contributed by atoms with Crippen LogP contribution in [0, 0.1) is 11.8 Å². The highest BCUT2D eigenvalue weighted by Crippen LogP contribution is 2.29. The molecule has 1 atom stereocenters. The van der Waals surface area contributed by atoms with E-state index in [1.165, 1.54) is 12.8 Å². The maximum absolute atomic E-state index is 12.3. The van der Waals surface area contributed by atoms with E-state index in [4.69, 9.17) is 4.74 Å². The highest BCUT2D eigenvalue weighted by atomic mass is 32.2. The minimum atomic E-state index is -3.33. The van der Waals surface area contributed by atoms with Gasteiger partial charge in [-0.1, -0.05) is 0 Å². The van der Waals surface area contributed by atoms with E-state index >= 15 is 0 Å². The number of amides is 1. The molecule has 128 valence electrons. The Balaban J connectivity index is 1.67. The van der Waals surface area contributed by atoms with Crippen molar-refractivity contribution in [2.75, 3.05) is 31.8 Å². The van der Waals surface area contributed by atoms with E-state index in [1.807, 2.05) is 4.57 Å². The summed E-state index contributed by atoms with van der Waals surface area (Å²) >= 11 is 0. The normalized spacial score (nSPS) is 21.8. The minimum Gasteiger partial charge on any atom is -0.381 e. The van der Waals surface area contributed by atoms with Gasteiger partial charge in [0, 0.05) is 38.1 Å². The first kappa shape index (κ1) is 16.4. The van der Waals surface area contributed by atoms with Gasteiger partial charge in [0.05, 0.1) is 25.2 Å². The number of sulfone groups is 1. The van der Waals surface area contributed by atoms with Gasteiger partial charge in [0.25, 0.3) is 0 Å². The fraction of sp³-hybridized carbons (Fsp3) is 0.733. The number of nitrogens with zero attached hydrogens (tertiary/aromatic N) is 3. The zero-order valence-corrected chi connectivity index (χ0v) is 14.2. The second-order valence-corrected chi connectivity index (χ2v) is 8.87. The van der Waals surface area contributed by atoms with Gasteiger partial charge < -0.3 is 14.2 Å². The Hall–Kier alpha value is -1.41. The molecule has 0 N–H and O–H groups in total. The number of hydrogen-bond donors (Lipinski definition) is 0. The molecule has 0 bridgehead atoms. The van der Waals surface area contributed by atoms with Gasteiger partial charge in [-0.25, -0.2) is 13.4 Å². The summed E-state index contributed by atoms with van der Waals surface area (Å²) < 4.78 is 30.6. The molecule has 0 aromatic carbocycles. The molecule has 1 aromatic heterocycles. The Kier molecular flexibility index (Phi) is 4.72. The first-order valence-corrected chi connectivity index (χ1v) is 9.99. The molecule has 8 heteroatoms. The average Bonchev–Trinajstić information content (AvgIpc) is 3.20. The van der Waals surface area contributed by atoms with E-state index in [-0.39, 0.29) is 11.8 Å². The summed E-state index contributed by atoms with van der Waals surface area (Å²) in [7, 11) is -3.33. The lowest BCUT2D eigenvalue weighted by Crippen LogP contribution is -2.38. The van der Waals surface area contributed by atoms with Crippen LogP contribution in [0.4, 0.5) is 0 Å². The molecule has 0 spiro atoms. The van der Waals surface area contributed by atoms with Crippen molar-refractivity contribution in [1.29, 1.82) is 0 Å². The summed E-state index contributed by atoms with van der Waals surface area (Å²) in [6.45, 7) is 3.01. The molecule has 1 fully saturated rings. The van der Waals surface area contributed by atoms with Crippen LogP contribution >= 0.6 is 0 Å². The standard InChI is InChI=1S/C15H23N3O4S/c1-23(20,21)10-15(19)17-5-13(9-22-8-12-2-3-12)6-18-11-16-4-14(18)7-17/h4,11-13H,2-3,5-10H2,1H3/t13-/m1/s1. The summed E-state index contributed by atoms with van der Waals surface area (Å²) in [4.78, 5) is 18.1. The Morgan fingerprint density at radius 3 is 2.74 bits per heavy atom. The Bertz CT molecular complexity index is 666. The summed E-state index contributed by atoms with van der Waals surface area (Å²) in [5.41, 5.74) is 0.927. The van der Waals surface area contributed by atoms with Crippen LogP contribution in [-0.2, 0) is 32.5 Å². The summed E-state index contributed by atoms with van der Waals surface area (Å²) in [5, 5.41) is 0. The van der Waals surface area contributed by atoms with Gasteiger partial charge in [-0.3, -0.25) is 4.79 Å². The second-order valence-electron chi connectivity index (χ2n) is 6.73. The van der Waals surface area contributed by atoms with E-state index in [0.717, 1.165) is 25.1 Å². The van der Waals surface area contributed by atoms with E-state index in [0.29, 0.717) is 25.6 Å². The van der Waals surface area contributed by atoms with Crippen molar-refractivity contribution in [1.82, 2.24) is 14.5 Å². The van der Waals surface area contributed by atoms with Crippen LogP contribution < -0.4 is 0 Å². The molecule has 1 aromatic rings.